The van der Waals surface area contributed by atoms with Crippen LogP contribution in [0.1, 0.15) is 24.4 Å². The number of H-pyrrole nitrogens is 1. The topological polar surface area (TPSA) is 128 Å². The van der Waals surface area contributed by atoms with Crippen molar-refractivity contribution in [3.8, 4) is 5.75 Å². The van der Waals surface area contributed by atoms with Gasteiger partial charge in [0.1, 0.15) is 11.8 Å². The van der Waals surface area contributed by atoms with Crippen LogP contribution in [-0.2, 0) is 11.2 Å². The molecule has 0 bridgehead atoms. The van der Waals surface area contributed by atoms with Crippen molar-refractivity contribution in [2.24, 2.45) is 0 Å². The number of aromatic amines is 1. The van der Waals surface area contributed by atoms with Crippen LogP contribution in [0.15, 0.2) is 50.1 Å². The van der Waals surface area contributed by atoms with Gasteiger partial charge in [0.25, 0.3) is 0 Å². The molecular weight excluding hydrogens is 560 g/mol. The van der Waals surface area contributed by atoms with E-state index in [-0.39, 0.29) is 23.9 Å². The van der Waals surface area contributed by atoms with Gasteiger partial charge in [0, 0.05) is 25.6 Å². The fourth-order valence-electron chi connectivity index (χ4n) is 4.18. The first-order valence-corrected chi connectivity index (χ1v) is 12.0. The fourth-order valence-corrected chi connectivity index (χ4v) is 5.46. The molecule has 1 aromatic heterocycles. The Bertz CT molecular complexity index is 1240. The Morgan fingerprint density at radius 1 is 1.15 bits per heavy atom. The van der Waals surface area contributed by atoms with Crippen molar-refractivity contribution in [2.75, 3.05) is 13.1 Å². The zero-order chi connectivity index (χ0) is 23.7. The number of hydrogen-bond acceptors (Lipinski definition) is 4. The van der Waals surface area contributed by atoms with Gasteiger partial charge in [-0.05, 0) is 74.5 Å². The van der Waals surface area contributed by atoms with E-state index in [4.69, 9.17) is 0 Å². The molecule has 4 rings (SSSR count). The van der Waals surface area contributed by atoms with Crippen LogP contribution >= 0.6 is 31.9 Å². The number of carbonyl (C=O) groups excluding carboxylic acids is 1. The fraction of sp³-hybridized carbons (Fsp3) is 0.318. The van der Waals surface area contributed by atoms with E-state index < -0.39 is 18.0 Å². The number of likely N-dealkylation sites (tertiary alicyclic amines) is 1. The number of hydrogen-bond donors (Lipinski definition) is 4. The van der Waals surface area contributed by atoms with Gasteiger partial charge in [-0.1, -0.05) is 12.1 Å². The minimum absolute atomic E-state index is 0.0202. The van der Waals surface area contributed by atoms with E-state index in [0.717, 1.165) is 11.0 Å². The van der Waals surface area contributed by atoms with E-state index in [1.807, 2.05) is 24.3 Å². The summed E-state index contributed by atoms with van der Waals surface area (Å²) in [7, 11) is 0. The van der Waals surface area contributed by atoms with Crippen molar-refractivity contribution in [3.05, 3.63) is 61.4 Å². The summed E-state index contributed by atoms with van der Waals surface area (Å²) in [6, 6.07) is 9.10. The molecule has 4 N–H and O–H groups in total. The number of amides is 2. The predicted molar refractivity (Wildman–Crippen MR) is 130 cm³/mol. The Morgan fingerprint density at radius 2 is 1.79 bits per heavy atom. The molecule has 0 radical (unpaired) electrons. The van der Waals surface area contributed by atoms with Crippen LogP contribution in [0, 0.1) is 0 Å². The number of nitrogens with one attached hydrogen (secondary N) is 2. The molecular formula is C22H22Br2N4O5. The molecule has 2 aromatic carbocycles. The van der Waals surface area contributed by atoms with Gasteiger partial charge in [-0.3, -0.25) is 4.57 Å². The number of nitrogens with zero attached hydrogens (tertiary/aromatic N) is 2. The van der Waals surface area contributed by atoms with Crippen LogP contribution in [-0.4, -0.2) is 55.8 Å². The first-order chi connectivity index (χ1) is 15.7. The Kier molecular flexibility index (Phi) is 6.80. The molecule has 9 nitrogen and oxygen atoms in total. The first-order valence-electron chi connectivity index (χ1n) is 10.4. The molecule has 2 amide bonds. The lowest BCUT2D eigenvalue weighted by Gasteiger charge is -2.33. The molecule has 1 fully saturated rings. The molecule has 0 unspecified atom stereocenters. The minimum Gasteiger partial charge on any atom is -0.506 e. The van der Waals surface area contributed by atoms with Crippen molar-refractivity contribution in [1.29, 1.82) is 0 Å². The van der Waals surface area contributed by atoms with Crippen molar-refractivity contribution in [3.63, 3.8) is 0 Å². The number of imidazole rings is 1. The maximum Gasteiger partial charge on any atom is 0.326 e. The normalized spacial score (nSPS) is 15.5. The molecule has 33 heavy (non-hydrogen) atoms. The second-order valence-corrected chi connectivity index (χ2v) is 9.70. The SMILES string of the molecule is O=C(O)[C@@H](Cc1cc(Br)c(O)c(Br)c1)NC(=O)N1CCC(n2c(=O)[nH]c3ccccc32)CC1. The summed E-state index contributed by atoms with van der Waals surface area (Å²) in [4.78, 5) is 41.4. The first kappa shape index (κ1) is 23.4. The standard InChI is InChI=1S/C22H22Br2N4O5/c23-14-9-12(10-15(24)19(14)29)11-17(20(30)31)26-21(32)27-7-5-13(6-8-27)28-18-4-2-1-3-16(18)25-22(28)33/h1-4,9-10,13,17,29H,5-8,11H2,(H,25,33)(H,26,32)(H,30,31)/t17-/m1/s1. The summed E-state index contributed by atoms with van der Waals surface area (Å²) in [5, 5.41) is 22.1. The van der Waals surface area contributed by atoms with Gasteiger partial charge in [-0.25, -0.2) is 14.4 Å². The van der Waals surface area contributed by atoms with Gasteiger partial charge >= 0.3 is 17.7 Å². The molecule has 0 saturated carbocycles. The average molecular weight is 582 g/mol. The summed E-state index contributed by atoms with van der Waals surface area (Å²) >= 11 is 6.46. The van der Waals surface area contributed by atoms with E-state index in [2.05, 4.69) is 42.2 Å². The quantitative estimate of drug-likeness (QED) is 0.366. The monoisotopic (exact) mass is 580 g/mol. The van der Waals surface area contributed by atoms with Gasteiger partial charge in [0.05, 0.1) is 20.0 Å². The number of urea groups is 1. The van der Waals surface area contributed by atoms with Crippen LogP contribution in [0.3, 0.4) is 0 Å². The zero-order valence-corrected chi connectivity index (χ0v) is 20.6. The number of carboxylic acids is 1. The van der Waals surface area contributed by atoms with Crippen LogP contribution in [0.2, 0.25) is 0 Å². The highest BCUT2D eigenvalue weighted by Crippen LogP contribution is 2.33. The highest BCUT2D eigenvalue weighted by Gasteiger charge is 2.29. The maximum atomic E-state index is 12.8. The van der Waals surface area contributed by atoms with Gasteiger partial charge in [-0.15, -0.1) is 0 Å². The van der Waals surface area contributed by atoms with E-state index >= 15 is 0 Å². The highest BCUT2D eigenvalue weighted by molar-refractivity contribution is 9.11. The second-order valence-electron chi connectivity index (χ2n) is 7.99. The number of halogens is 2. The molecule has 11 heteroatoms. The Hall–Kier alpha value is -2.79. The van der Waals surface area contributed by atoms with E-state index in [9.17, 15) is 24.6 Å². The number of para-hydroxylation sites is 2. The Morgan fingerprint density at radius 3 is 2.42 bits per heavy atom. The van der Waals surface area contributed by atoms with Gasteiger partial charge in [0.15, 0.2) is 0 Å². The number of aromatic hydroxyl groups is 1. The number of phenolic OH excluding ortho intramolecular Hbond substituents is 1. The number of rotatable bonds is 5. The zero-order valence-electron chi connectivity index (χ0n) is 17.4. The lowest BCUT2D eigenvalue weighted by atomic mass is 10.0. The summed E-state index contributed by atoms with van der Waals surface area (Å²) in [5.74, 6) is -1.13. The van der Waals surface area contributed by atoms with Crippen molar-refractivity contribution in [1.82, 2.24) is 19.8 Å². The molecule has 2 heterocycles. The van der Waals surface area contributed by atoms with Crippen molar-refractivity contribution >= 4 is 54.9 Å². The summed E-state index contributed by atoms with van der Waals surface area (Å²) < 4.78 is 2.60. The molecule has 0 aliphatic carbocycles. The number of phenols is 1. The summed E-state index contributed by atoms with van der Waals surface area (Å²) in [6.07, 6.45) is 1.23. The van der Waals surface area contributed by atoms with Crippen molar-refractivity contribution in [2.45, 2.75) is 31.3 Å². The minimum atomic E-state index is -1.15. The predicted octanol–water partition coefficient (Wildman–Crippen LogP) is 3.60. The lowest BCUT2D eigenvalue weighted by molar-refractivity contribution is -0.139. The third kappa shape index (κ3) is 4.93. The number of carboxylic acid groups (broad SMARTS) is 1. The van der Waals surface area contributed by atoms with Crippen LogP contribution in [0.5, 0.6) is 5.75 Å². The average Bonchev–Trinajstić information content (AvgIpc) is 3.12. The second kappa shape index (κ2) is 9.60. The summed E-state index contributed by atoms with van der Waals surface area (Å²) in [6.45, 7) is 0.816. The van der Waals surface area contributed by atoms with Gasteiger partial charge in [0.2, 0.25) is 0 Å². The number of carbonyl (C=O) groups is 2. The van der Waals surface area contributed by atoms with E-state index in [1.54, 1.807) is 21.6 Å². The number of aromatic nitrogens is 2. The summed E-state index contributed by atoms with van der Waals surface area (Å²) in [5.41, 5.74) is 2.08. The van der Waals surface area contributed by atoms with E-state index in [1.165, 1.54) is 0 Å². The van der Waals surface area contributed by atoms with Gasteiger partial charge in [-0.2, -0.15) is 0 Å². The smallest absolute Gasteiger partial charge is 0.326 e. The highest BCUT2D eigenvalue weighted by atomic mass is 79.9. The third-order valence-corrected chi connectivity index (χ3v) is 7.06. The Labute approximate surface area is 205 Å². The molecule has 1 aliphatic rings. The number of fused-ring (bicyclic) bond motifs is 1. The maximum absolute atomic E-state index is 12.8. The van der Waals surface area contributed by atoms with Crippen LogP contribution in [0.25, 0.3) is 11.0 Å². The largest absolute Gasteiger partial charge is 0.506 e. The van der Waals surface area contributed by atoms with Gasteiger partial charge < -0.3 is 25.4 Å². The van der Waals surface area contributed by atoms with E-state index in [0.29, 0.717) is 40.4 Å². The number of piperidine rings is 1. The lowest BCUT2D eigenvalue weighted by Crippen LogP contribution is -2.51. The van der Waals surface area contributed by atoms with Crippen LogP contribution in [0.4, 0.5) is 4.79 Å². The molecule has 1 saturated heterocycles. The molecule has 3 aromatic rings. The molecule has 174 valence electrons. The van der Waals surface area contributed by atoms with Crippen molar-refractivity contribution < 1.29 is 19.8 Å². The molecule has 0 spiro atoms. The van der Waals surface area contributed by atoms with Crippen LogP contribution < -0.4 is 11.0 Å². The third-order valence-electron chi connectivity index (χ3n) is 5.85. The number of benzene rings is 2. The molecule has 1 aliphatic heterocycles. The molecule has 1 atom stereocenters. The number of aliphatic carboxylic acids is 1. The Balaban J connectivity index is 1.41.